The Kier molecular flexibility index (Phi) is 4.06. The molecule has 1 fully saturated rings. The van der Waals surface area contributed by atoms with Crippen molar-refractivity contribution in [2.75, 3.05) is 13.1 Å². The normalized spacial score (nSPS) is 28.6. The van der Waals surface area contributed by atoms with Gasteiger partial charge in [0.2, 0.25) is 0 Å². The summed E-state index contributed by atoms with van der Waals surface area (Å²) >= 11 is 0. The van der Waals surface area contributed by atoms with Gasteiger partial charge in [-0.25, -0.2) is 4.39 Å². The molecule has 100 valence electrons. The minimum Gasteiger partial charge on any atom is -0.316 e. The molecule has 0 aromatic heterocycles. The van der Waals surface area contributed by atoms with Crippen LogP contribution in [0.5, 0.6) is 0 Å². The van der Waals surface area contributed by atoms with Crippen molar-refractivity contribution < 1.29 is 4.39 Å². The number of hydrogen-bond acceptors (Lipinski definition) is 1. The zero-order valence-corrected chi connectivity index (χ0v) is 11.7. The Labute approximate surface area is 110 Å². The molecule has 1 saturated heterocycles. The van der Waals surface area contributed by atoms with Crippen molar-refractivity contribution in [3.05, 3.63) is 35.6 Å². The van der Waals surface area contributed by atoms with Crippen molar-refractivity contribution in [1.82, 2.24) is 5.32 Å². The van der Waals surface area contributed by atoms with E-state index in [1.54, 1.807) is 12.1 Å². The molecule has 2 rings (SSSR count). The average Bonchev–Trinajstić information content (AvgIpc) is 2.32. The smallest absolute Gasteiger partial charge is 0.126 e. The molecule has 0 amide bonds. The Hall–Kier alpha value is -0.890. The van der Waals surface area contributed by atoms with Crippen LogP contribution in [0.3, 0.4) is 0 Å². The Morgan fingerprint density at radius 2 is 2.11 bits per heavy atom. The number of nitrogens with one attached hydrogen (secondary N) is 1. The van der Waals surface area contributed by atoms with Crippen LogP contribution in [0.25, 0.3) is 0 Å². The van der Waals surface area contributed by atoms with Gasteiger partial charge in [0, 0.05) is 0 Å². The van der Waals surface area contributed by atoms with Gasteiger partial charge in [-0.1, -0.05) is 39.0 Å². The van der Waals surface area contributed by atoms with Gasteiger partial charge in [0.25, 0.3) is 0 Å². The van der Waals surface area contributed by atoms with Gasteiger partial charge in [-0.2, -0.15) is 0 Å². The summed E-state index contributed by atoms with van der Waals surface area (Å²) < 4.78 is 13.8. The van der Waals surface area contributed by atoms with Gasteiger partial charge in [-0.15, -0.1) is 0 Å². The zero-order chi connectivity index (χ0) is 13.2. The highest BCUT2D eigenvalue weighted by Crippen LogP contribution is 2.41. The van der Waals surface area contributed by atoms with Crippen LogP contribution in [0.2, 0.25) is 0 Å². The molecule has 2 atom stereocenters. The number of halogens is 1. The van der Waals surface area contributed by atoms with E-state index in [0.29, 0.717) is 11.8 Å². The predicted octanol–water partition coefficient (Wildman–Crippen LogP) is 3.64. The van der Waals surface area contributed by atoms with E-state index < -0.39 is 0 Å². The summed E-state index contributed by atoms with van der Waals surface area (Å²) in [4.78, 5) is 0. The number of piperidine rings is 1. The van der Waals surface area contributed by atoms with Crippen LogP contribution >= 0.6 is 0 Å². The maximum absolute atomic E-state index is 13.8. The molecule has 1 aromatic carbocycles. The van der Waals surface area contributed by atoms with E-state index in [-0.39, 0.29) is 11.2 Å². The molecule has 0 bridgehead atoms. The molecule has 1 aliphatic rings. The number of rotatable bonds is 3. The fourth-order valence-electron chi connectivity index (χ4n) is 3.40. The van der Waals surface area contributed by atoms with Crippen molar-refractivity contribution in [3.63, 3.8) is 0 Å². The molecule has 2 unspecified atom stereocenters. The molecule has 0 saturated carbocycles. The summed E-state index contributed by atoms with van der Waals surface area (Å²) in [6, 6.07) is 7.21. The van der Waals surface area contributed by atoms with Crippen LogP contribution in [0, 0.1) is 23.1 Å². The summed E-state index contributed by atoms with van der Waals surface area (Å²) in [5.41, 5.74) is 1.08. The monoisotopic (exact) mass is 249 g/mol. The third kappa shape index (κ3) is 2.74. The highest BCUT2D eigenvalue weighted by atomic mass is 19.1. The lowest BCUT2D eigenvalue weighted by molar-refractivity contribution is 0.0892. The van der Waals surface area contributed by atoms with Crippen LogP contribution in [-0.2, 0) is 6.42 Å². The first kappa shape index (κ1) is 13.5. The van der Waals surface area contributed by atoms with Crippen LogP contribution in [0.1, 0.15) is 32.8 Å². The molecule has 1 aromatic rings. The van der Waals surface area contributed by atoms with E-state index in [9.17, 15) is 4.39 Å². The third-order valence-electron chi connectivity index (χ3n) is 4.49. The maximum Gasteiger partial charge on any atom is 0.126 e. The molecule has 0 radical (unpaired) electrons. The van der Waals surface area contributed by atoms with Crippen LogP contribution in [0.4, 0.5) is 4.39 Å². The van der Waals surface area contributed by atoms with E-state index in [2.05, 4.69) is 26.1 Å². The summed E-state index contributed by atoms with van der Waals surface area (Å²) in [7, 11) is 0. The second-order valence-corrected chi connectivity index (χ2v) is 6.23. The first-order valence-corrected chi connectivity index (χ1v) is 6.97. The van der Waals surface area contributed by atoms with Crippen molar-refractivity contribution in [3.8, 4) is 0 Å². The van der Waals surface area contributed by atoms with E-state index in [4.69, 9.17) is 0 Å². The largest absolute Gasteiger partial charge is 0.316 e. The van der Waals surface area contributed by atoms with E-state index in [0.717, 1.165) is 31.5 Å². The average molecular weight is 249 g/mol. The Bertz CT molecular complexity index is 402. The quantitative estimate of drug-likeness (QED) is 0.862. The van der Waals surface area contributed by atoms with E-state index in [1.165, 1.54) is 0 Å². The predicted molar refractivity (Wildman–Crippen MR) is 74.0 cm³/mol. The molecular formula is C16H24FN. The van der Waals surface area contributed by atoms with Crippen molar-refractivity contribution in [1.29, 1.82) is 0 Å². The summed E-state index contributed by atoms with van der Waals surface area (Å²) in [5.74, 6) is 1.19. The molecule has 0 spiro atoms. The highest BCUT2D eigenvalue weighted by molar-refractivity contribution is 5.19. The molecule has 18 heavy (non-hydrogen) atoms. The summed E-state index contributed by atoms with van der Waals surface area (Å²) in [6.07, 6.45) is 1.98. The Balaban J connectivity index is 2.21. The maximum atomic E-state index is 13.8. The van der Waals surface area contributed by atoms with Crippen LogP contribution in [-0.4, -0.2) is 13.1 Å². The van der Waals surface area contributed by atoms with Gasteiger partial charge in [-0.3, -0.25) is 0 Å². The second kappa shape index (κ2) is 5.40. The van der Waals surface area contributed by atoms with Crippen LogP contribution in [0.15, 0.2) is 24.3 Å². The molecule has 1 heterocycles. The molecule has 0 aliphatic carbocycles. The van der Waals surface area contributed by atoms with Gasteiger partial charge >= 0.3 is 0 Å². The van der Waals surface area contributed by atoms with Crippen molar-refractivity contribution in [2.24, 2.45) is 17.3 Å². The third-order valence-corrected chi connectivity index (χ3v) is 4.49. The lowest BCUT2D eigenvalue weighted by Gasteiger charge is -2.44. The fourth-order valence-corrected chi connectivity index (χ4v) is 3.40. The van der Waals surface area contributed by atoms with E-state index in [1.807, 2.05) is 12.1 Å². The topological polar surface area (TPSA) is 12.0 Å². The second-order valence-electron chi connectivity index (χ2n) is 6.23. The Morgan fingerprint density at radius 1 is 1.39 bits per heavy atom. The van der Waals surface area contributed by atoms with Crippen molar-refractivity contribution >= 4 is 0 Å². The highest BCUT2D eigenvalue weighted by Gasteiger charge is 2.38. The molecule has 1 nitrogen and oxygen atoms in total. The van der Waals surface area contributed by atoms with Gasteiger partial charge in [0.1, 0.15) is 5.82 Å². The first-order chi connectivity index (χ1) is 8.53. The van der Waals surface area contributed by atoms with Gasteiger partial charge < -0.3 is 5.32 Å². The lowest BCUT2D eigenvalue weighted by atomic mass is 9.65. The lowest BCUT2D eigenvalue weighted by Crippen LogP contribution is -2.47. The fraction of sp³-hybridized carbons (Fsp3) is 0.625. The van der Waals surface area contributed by atoms with Crippen LogP contribution < -0.4 is 5.32 Å². The molecule has 1 N–H and O–H groups in total. The minimum atomic E-state index is -0.0558. The first-order valence-electron chi connectivity index (χ1n) is 6.97. The number of benzene rings is 1. The summed E-state index contributed by atoms with van der Waals surface area (Å²) in [5, 5.41) is 3.48. The molecule has 1 aliphatic heterocycles. The standard InChI is InChI=1S/C16H24FN/c1-12(2)14-11-18-9-8-16(14,3)10-13-6-4-5-7-15(13)17/h4-7,12,14,18H,8-11H2,1-3H3. The van der Waals surface area contributed by atoms with E-state index >= 15 is 0 Å². The van der Waals surface area contributed by atoms with Gasteiger partial charge in [0.15, 0.2) is 0 Å². The van der Waals surface area contributed by atoms with Gasteiger partial charge in [0.05, 0.1) is 0 Å². The van der Waals surface area contributed by atoms with Crippen molar-refractivity contribution in [2.45, 2.75) is 33.6 Å². The SMILES string of the molecule is CC(C)C1CNCCC1(C)Cc1ccccc1F. The molecular weight excluding hydrogens is 225 g/mol. The Morgan fingerprint density at radius 3 is 2.78 bits per heavy atom. The van der Waals surface area contributed by atoms with Gasteiger partial charge in [-0.05, 0) is 54.8 Å². The number of hydrogen-bond donors (Lipinski definition) is 1. The minimum absolute atomic E-state index is 0.0558. The summed E-state index contributed by atoms with van der Waals surface area (Å²) in [6.45, 7) is 8.98. The zero-order valence-electron chi connectivity index (χ0n) is 11.7. The molecule has 2 heteroatoms.